The number of hydrogen-bond acceptors (Lipinski definition) is 11. The fourth-order valence-electron chi connectivity index (χ4n) is 0.736. The van der Waals surface area contributed by atoms with Gasteiger partial charge in [0.05, 0.1) is 28.9 Å². The SMILES string of the molecule is CC(C)=CCOP(=O)([O-])OP(=O)([O-])[O-].CC(C)=CCOP(=O)([O-])[O-]. The first-order valence-corrected chi connectivity index (χ1v) is 10.5. The summed E-state index contributed by atoms with van der Waals surface area (Å²) < 4.78 is 41.5. The van der Waals surface area contributed by atoms with Gasteiger partial charge in [0.2, 0.25) is 0 Å². The normalized spacial score (nSPS) is 14.0. The van der Waals surface area contributed by atoms with Crippen LogP contribution in [-0.2, 0) is 27.1 Å². The van der Waals surface area contributed by atoms with Crippen LogP contribution in [0.2, 0.25) is 0 Å². The molecule has 0 fully saturated rings. The third-order valence-corrected chi connectivity index (χ3v) is 4.18. The lowest BCUT2D eigenvalue weighted by Crippen LogP contribution is -2.19. The van der Waals surface area contributed by atoms with Crippen molar-refractivity contribution in [1.82, 2.24) is 0 Å². The van der Waals surface area contributed by atoms with Gasteiger partial charge in [0.25, 0.3) is 7.82 Å². The molecule has 0 saturated heterocycles. The molecule has 0 saturated carbocycles. The summed E-state index contributed by atoms with van der Waals surface area (Å²) in [6, 6.07) is 0. The maximum atomic E-state index is 10.6. The van der Waals surface area contributed by atoms with Gasteiger partial charge in [0, 0.05) is 0 Å². The Morgan fingerprint density at radius 3 is 1.42 bits per heavy atom. The van der Waals surface area contributed by atoms with Gasteiger partial charge in [-0.2, -0.15) is 0 Å². The van der Waals surface area contributed by atoms with Gasteiger partial charge in [-0.3, -0.25) is 8.88 Å². The molecule has 0 radical (unpaired) electrons. The van der Waals surface area contributed by atoms with E-state index in [-0.39, 0.29) is 13.2 Å². The van der Waals surface area contributed by atoms with E-state index in [2.05, 4.69) is 13.4 Å². The van der Waals surface area contributed by atoms with E-state index >= 15 is 0 Å². The molecule has 1 atom stereocenters. The van der Waals surface area contributed by atoms with Gasteiger partial charge in [-0.1, -0.05) is 23.3 Å². The Bertz CT molecular complexity index is 563. The van der Waals surface area contributed by atoms with E-state index in [4.69, 9.17) is 0 Å². The summed E-state index contributed by atoms with van der Waals surface area (Å²) in [5.41, 5.74) is 1.69. The van der Waals surface area contributed by atoms with Gasteiger partial charge < -0.3 is 42.6 Å². The summed E-state index contributed by atoms with van der Waals surface area (Å²) >= 11 is 0. The molecule has 0 aliphatic heterocycles. The lowest BCUT2D eigenvalue weighted by molar-refractivity contribution is -0.342. The lowest BCUT2D eigenvalue weighted by Gasteiger charge is -2.34. The molecule has 14 heteroatoms. The van der Waals surface area contributed by atoms with Crippen molar-refractivity contribution in [2.45, 2.75) is 27.7 Å². The maximum Gasteiger partial charge on any atom is 0.272 e. The second kappa shape index (κ2) is 11.5. The van der Waals surface area contributed by atoms with Crippen molar-refractivity contribution in [3.8, 4) is 0 Å². The standard InChI is InChI=1S/C5H12O7P2.C5H11O4P/c1-5(2)3-4-11-14(9,10)12-13(6,7)8;1-5(2)3-4-9-10(6,7)8/h3H,4H2,1-2H3,(H,9,10)(H2,6,7,8);3H,4H2,1-2H3,(H2,6,7,8)/p-5. The first kappa shape index (κ1) is 26.1. The third kappa shape index (κ3) is 24.1. The monoisotopic (exact) mass is 407 g/mol. The van der Waals surface area contributed by atoms with Crippen molar-refractivity contribution in [3.05, 3.63) is 23.3 Å². The van der Waals surface area contributed by atoms with E-state index < -0.39 is 23.5 Å². The average molecular weight is 407 g/mol. The fraction of sp³-hybridized carbons (Fsp3) is 0.600. The average Bonchev–Trinajstić information content (AvgIpc) is 2.22. The first-order valence-electron chi connectivity index (χ1n) is 6.16. The maximum absolute atomic E-state index is 10.6. The minimum absolute atomic E-state index is 0.160. The summed E-state index contributed by atoms with van der Waals surface area (Å²) in [7, 11) is -15.4. The molecule has 0 N–H and O–H groups in total. The van der Waals surface area contributed by atoms with Gasteiger partial charge >= 0.3 is 0 Å². The molecule has 0 rings (SSSR count). The van der Waals surface area contributed by atoms with Crippen molar-refractivity contribution in [2.24, 2.45) is 0 Å². The molecule has 144 valence electrons. The summed E-state index contributed by atoms with van der Waals surface area (Å²) in [4.78, 5) is 50.1. The zero-order chi connectivity index (χ0) is 19.6. The predicted octanol–water partition coefficient (Wildman–Crippen LogP) is -0.919. The predicted molar refractivity (Wildman–Crippen MR) is 74.7 cm³/mol. The van der Waals surface area contributed by atoms with Crippen LogP contribution in [0.15, 0.2) is 23.3 Å². The van der Waals surface area contributed by atoms with Crippen LogP contribution in [-0.4, -0.2) is 13.2 Å². The fourth-order valence-corrected chi connectivity index (χ4v) is 2.42. The van der Waals surface area contributed by atoms with Crippen molar-refractivity contribution in [1.29, 1.82) is 0 Å². The Hall–Kier alpha value is -0.150. The lowest BCUT2D eigenvalue weighted by atomic mass is 10.3. The van der Waals surface area contributed by atoms with Crippen LogP contribution in [0.5, 0.6) is 0 Å². The highest BCUT2D eigenvalue weighted by atomic mass is 31.3. The highest BCUT2D eigenvalue weighted by molar-refractivity contribution is 7.58. The number of allylic oxidation sites excluding steroid dienone is 2. The second-order valence-electron chi connectivity index (χ2n) is 4.58. The van der Waals surface area contributed by atoms with Crippen molar-refractivity contribution in [3.63, 3.8) is 0 Å². The molecular formula is C10H18O11P3-5. The van der Waals surface area contributed by atoms with Crippen LogP contribution in [0.3, 0.4) is 0 Å². The molecule has 0 aliphatic rings. The van der Waals surface area contributed by atoms with Crippen LogP contribution in [0.4, 0.5) is 0 Å². The zero-order valence-corrected chi connectivity index (χ0v) is 16.1. The Morgan fingerprint density at radius 2 is 1.12 bits per heavy atom. The molecular weight excluding hydrogens is 389 g/mol. The molecule has 0 amide bonds. The van der Waals surface area contributed by atoms with Crippen molar-refractivity contribution < 1.29 is 51.5 Å². The molecule has 0 heterocycles. The highest BCUT2D eigenvalue weighted by Gasteiger charge is 2.10. The molecule has 0 bridgehead atoms. The second-order valence-corrected chi connectivity index (χ2v) is 8.43. The van der Waals surface area contributed by atoms with E-state index in [0.717, 1.165) is 11.1 Å². The van der Waals surface area contributed by atoms with Crippen LogP contribution in [0.25, 0.3) is 0 Å². The first-order chi connectivity index (χ1) is 10.5. The van der Waals surface area contributed by atoms with Gasteiger partial charge in [-0.25, -0.2) is 0 Å². The molecule has 0 spiro atoms. The number of rotatable bonds is 8. The minimum atomic E-state index is -5.57. The largest absolute Gasteiger partial charge is 0.790 e. The third-order valence-electron chi connectivity index (χ3n) is 1.65. The Balaban J connectivity index is 0. The highest BCUT2D eigenvalue weighted by Crippen LogP contribution is 2.50. The van der Waals surface area contributed by atoms with Gasteiger partial charge in [-0.15, -0.1) is 0 Å². The Morgan fingerprint density at radius 1 is 0.750 bits per heavy atom. The van der Waals surface area contributed by atoms with E-state index in [1.54, 1.807) is 27.7 Å². The topological polar surface area (TPSA) is 194 Å². The number of phosphoric acid groups is 3. The minimum Gasteiger partial charge on any atom is -0.790 e. The van der Waals surface area contributed by atoms with Crippen LogP contribution in [0, 0.1) is 0 Å². The summed E-state index contributed by atoms with van der Waals surface area (Å²) in [6.45, 7) is 6.40. The van der Waals surface area contributed by atoms with Crippen molar-refractivity contribution >= 4 is 23.5 Å². The molecule has 0 aliphatic carbocycles. The summed E-state index contributed by atoms with van der Waals surface area (Å²) in [5.74, 6) is 0. The molecule has 0 aromatic carbocycles. The van der Waals surface area contributed by atoms with Crippen LogP contribution in [0.1, 0.15) is 27.7 Å². The molecule has 24 heavy (non-hydrogen) atoms. The summed E-state index contributed by atoms with van der Waals surface area (Å²) in [6.07, 6.45) is 2.90. The van der Waals surface area contributed by atoms with Crippen LogP contribution >= 0.6 is 23.5 Å². The molecule has 1 unspecified atom stereocenters. The van der Waals surface area contributed by atoms with Gasteiger partial charge in [-0.05, 0) is 27.7 Å². The smallest absolute Gasteiger partial charge is 0.272 e. The van der Waals surface area contributed by atoms with Gasteiger partial charge in [0.1, 0.15) is 0 Å². The molecule has 0 aromatic rings. The zero-order valence-electron chi connectivity index (χ0n) is 13.4. The van der Waals surface area contributed by atoms with E-state index in [1.807, 2.05) is 0 Å². The van der Waals surface area contributed by atoms with Gasteiger partial charge in [0.15, 0.2) is 0 Å². The van der Waals surface area contributed by atoms with E-state index in [9.17, 15) is 38.2 Å². The quantitative estimate of drug-likeness (QED) is 0.356. The summed E-state index contributed by atoms with van der Waals surface area (Å²) in [5, 5.41) is 0. The Kier molecular flexibility index (Phi) is 12.5. The number of phosphoric ester groups is 2. The Labute approximate surface area is 140 Å². The molecule has 11 nitrogen and oxygen atoms in total. The van der Waals surface area contributed by atoms with Crippen molar-refractivity contribution in [2.75, 3.05) is 13.2 Å². The van der Waals surface area contributed by atoms with E-state index in [1.165, 1.54) is 12.2 Å². The van der Waals surface area contributed by atoms with E-state index in [0.29, 0.717) is 0 Å². The molecule has 0 aromatic heterocycles. The van der Waals surface area contributed by atoms with Crippen LogP contribution < -0.4 is 24.5 Å². The number of hydrogen-bond donors (Lipinski definition) is 0.